The second-order valence-corrected chi connectivity index (χ2v) is 4.08. The summed E-state index contributed by atoms with van der Waals surface area (Å²) in [6.45, 7) is -2.29. The quantitative estimate of drug-likeness (QED) is 0.587. The lowest BCUT2D eigenvalue weighted by atomic mass is 10.3. The zero-order valence-corrected chi connectivity index (χ0v) is 10.6. The van der Waals surface area contributed by atoms with Gasteiger partial charge in [0.25, 0.3) is 0 Å². The molecule has 0 fully saturated rings. The monoisotopic (exact) mass is 333 g/mol. The molecule has 1 aromatic heterocycles. The Morgan fingerprint density at radius 3 is 2.61 bits per heavy atom. The molecule has 0 aliphatic rings. The van der Waals surface area contributed by atoms with Crippen molar-refractivity contribution in [2.75, 3.05) is 13.2 Å². The predicted molar refractivity (Wildman–Crippen MR) is 54.8 cm³/mol. The number of aryl methyl sites for hydroxylation is 1. The Morgan fingerprint density at radius 2 is 2.17 bits per heavy atom. The second kappa shape index (κ2) is 5.74. The molecule has 1 heterocycles. The smallest absolute Gasteiger partial charge is 0.330 e. The highest BCUT2D eigenvalue weighted by molar-refractivity contribution is 9.10. The van der Waals surface area contributed by atoms with Gasteiger partial charge < -0.3 is 4.74 Å². The van der Waals surface area contributed by atoms with Gasteiger partial charge in [0.05, 0.1) is 0 Å². The van der Waals surface area contributed by atoms with Gasteiger partial charge in [-0.2, -0.15) is 8.78 Å². The van der Waals surface area contributed by atoms with Gasteiger partial charge in [-0.3, -0.25) is 4.79 Å². The Labute approximate surface area is 107 Å². The number of carbonyl (C=O) groups is 1. The van der Waals surface area contributed by atoms with E-state index in [9.17, 15) is 22.4 Å². The number of nitrogens with zero attached hydrogens (tertiary/aromatic N) is 3. The van der Waals surface area contributed by atoms with Gasteiger partial charge in [0, 0.05) is 7.05 Å². The van der Waals surface area contributed by atoms with Crippen LogP contribution in [0.15, 0.2) is 4.60 Å². The van der Waals surface area contributed by atoms with Crippen molar-refractivity contribution >= 4 is 21.7 Å². The van der Waals surface area contributed by atoms with Crippen molar-refractivity contribution in [1.82, 2.24) is 15.0 Å². The molecule has 18 heavy (non-hydrogen) atoms. The van der Waals surface area contributed by atoms with Gasteiger partial charge >= 0.3 is 12.3 Å². The summed E-state index contributed by atoms with van der Waals surface area (Å²) < 4.78 is 54.1. The van der Waals surface area contributed by atoms with Crippen LogP contribution in [0.2, 0.25) is 0 Å². The highest BCUT2D eigenvalue weighted by atomic mass is 79.9. The molecule has 0 saturated heterocycles. The molecule has 0 bridgehead atoms. The number of halogens is 5. The summed E-state index contributed by atoms with van der Waals surface area (Å²) >= 11 is 2.93. The van der Waals surface area contributed by atoms with Gasteiger partial charge in [-0.15, -0.1) is 5.10 Å². The van der Waals surface area contributed by atoms with Crippen molar-refractivity contribution < 1.29 is 27.1 Å². The number of ketones is 1. The van der Waals surface area contributed by atoms with Crippen LogP contribution >= 0.6 is 15.9 Å². The van der Waals surface area contributed by atoms with Crippen molar-refractivity contribution in [2.24, 2.45) is 7.05 Å². The number of carbonyl (C=O) groups excluding carboxylic acids is 1. The molecule has 0 radical (unpaired) electrons. The fourth-order valence-corrected chi connectivity index (χ4v) is 1.59. The third-order valence-electron chi connectivity index (χ3n) is 1.90. The first kappa shape index (κ1) is 15.0. The van der Waals surface area contributed by atoms with Crippen molar-refractivity contribution in [3.8, 4) is 0 Å². The fourth-order valence-electron chi connectivity index (χ4n) is 1.04. The fraction of sp³-hybridized carbons (Fsp3) is 0.625. The minimum absolute atomic E-state index is 0.00960. The van der Waals surface area contributed by atoms with E-state index in [2.05, 4.69) is 31.0 Å². The van der Waals surface area contributed by atoms with E-state index in [1.807, 2.05) is 0 Å². The van der Waals surface area contributed by atoms with E-state index in [0.29, 0.717) is 0 Å². The van der Waals surface area contributed by atoms with E-state index < -0.39 is 31.3 Å². The molecule has 1 rings (SSSR count). The largest absolute Gasteiger partial charge is 0.367 e. The van der Waals surface area contributed by atoms with Crippen LogP contribution in [-0.2, 0) is 11.8 Å². The van der Waals surface area contributed by atoms with Crippen molar-refractivity contribution in [1.29, 1.82) is 0 Å². The molecular formula is C8H8BrF4N3O2. The third kappa shape index (κ3) is 3.48. The van der Waals surface area contributed by atoms with Gasteiger partial charge in [-0.25, -0.2) is 13.5 Å². The van der Waals surface area contributed by atoms with Crippen LogP contribution in [0.25, 0.3) is 0 Å². The SMILES string of the molecule is Cn1nnc(Br)c1C(=O)COCC(F)(F)C(F)F. The molecule has 1 aromatic rings. The highest BCUT2D eigenvalue weighted by Crippen LogP contribution is 2.23. The van der Waals surface area contributed by atoms with Gasteiger partial charge in [0.2, 0.25) is 5.78 Å². The summed E-state index contributed by atoms with van der Waals surface area (Å²) in [5, 5.41) is 7.00. The lowest BCUT2D eigenvalue weighted by Gasteiger charge is -2.14. The molecule has 10 heteroatoms. The van der Waals surface area contributed by atoms with E-state index >= 15 is 0 Å². The third-order valence-corrected chi connectivity index (χ3v) is 2.43. The maximum absolute atomic E-state index is 12.5. The van der Waals surface area contributed by atoms with E-state index in [-0.39, 0.29) is 10.3 Å². The molecule has 5 nitrogen and oxygen atoms in total. The first-order valence-corrected chi connectivity index (χ1v) is 5.37. The lowest BCUT2D eigenvalue weighted by Crippen LogP contribution is -2.33. The molecule has 0 aromatic carbocycles. The van der Waals surface area contributed by atoms with Crippen molar-refractivity contribution in [3.63, 3.8) is 0 Å². The minimum Gasteiger partial charge on any atom is -0.367 e. The molecule has 0 atom stereocenters. The number of ether oxygens (including phenoxy) is 1. The zero-order chi connectivity index (χ0) is 13.9. The summed E-state index contributed by atoms with van der Waals surface area (Å²) in [6, 6.07) is 0. The Hall–Kier alpha value is -1.03. The van der Waals surface area contributed by atoms with Gasteiger partial charge in [-0.05, 0) is 15.9 Å². The van der Waals surface area contributed by atoms with Crippen LogP contribution in [0.4, 0.5) is 17.6 Å². The van der Waals surface area contributed by atoms with E-state index in [1.54, 1.807) is 0 Å². The van der Waals surface area contributed by atoms with Crippen LogP contribution in [-0.4, -0.2) is 46.3 Å². The summed E-state index contributed by atoms with van der Waals surface area (Å²) in [4.78, 5) is 11.5. The number of rotatable bonds is 6. The van der Waals surface area contributed by atoms with E-state index in [0.717, 1.165) is 4.68 Å². The summed E-state index contributed by atoms with van der Waals surface area (Å²) in [5.41, 5.74) is 0.00960. The Kier molecular flexibility index (Phi) is 4.79. The average Bonchev–Trinajstić information content (AvgIpc) is 2.58. The highest BCUT2D eigenvalue weighted by Gasteiger charge is 2.41. The topological polar surface area (TPSA) is 57.0 Å². The lowest BCUT2D eigenvalue weighted by molar-refractivity contribution is -0.163. The summed E-state index contributed by atoms with van der Waals surface area (Å²) in [5.74, 6) is -4.97. The number of hydrogen-bond donors (Lipinski definition) is 0. The number of Topliss-reactive ketones (excluding diaryl/α,β-unsaturated/α-hetero) is 1. The zero-order valence-electron chi connectivity index (χ0n) is 9.04. The first-order valence-electron chi connectivity index (χ1n) is 4.58. The van der Waals surface area contributed by atoms with Crippen molar-refractivity contribution in [3.05, 3.63) is 10.3 Å². The van der Waals surface area contributed by atoms with Crippen LogP contribution in [0.1, 0.15) is 10.5 Å². The predicted octanol–water partition coefficient (Wildman–Crippen LogP) is 1.68. The van der Waals surface area contributed by atoms with E-state index in [4.69, 9.17) is 0 Å². The average molecular weight is 334 g/mol. The standard InChI is InChI=1S/C8H8BrF4N3O2/c1-16-5(6(9)14-15-16)4(17)2-18-3-8(12,13)7(10)11/h7H,2-3H2,1H3. The molecule has 102 valence electrons. The molecule has 0 aliphatic heterocycles. The number of alkyl halides is 4. The molecule has 0 spiro atoms. The maximum atomic E-state index is 12.5. The van der Waals surface area contributed by atoms with Crippen molar-refractivity contribution in [2.45, 2.75) is 12.3 Å². The van der Waals surface area contributed by atoms with Crippen LogP contribution in [0.5, 0.6) is 0 Å². The first-order chi connectivity index (χ1) is 8.25. The Morgan fingerprint density at radius 1 is 1.56 bits per heavy atom. The minimum atomic E-state index is -4.28. The molecule has 0 saturated carbocycles. The summed E-state index contributed by atoms with van der Waals surface area (Å²) in [6.07, 6.45) is -3.84. The molecule has 0 aliphatic carbocycles. The maximum Gasteiger partial charge on any atom is 0.330 e. The second-order valence-electron chi connectivity index (χ2n) is 3.33. The molecular weight excluding hydrogens is 326 g/mol. The van der Waals surface area contributed by atoms with Gasteiger partial charge in [-0.1, -0.05) is 5.21 Å². The number of hydrogen-bond acceptors (Lipinski definition) is 4. The van der Waals surface area contributed by atoms with E-state index in [1.165, 1.54) is 7.05 Å². The van der Waals surface area contributed by atoms with Crippen LogP contribution < -0.4 is 0 Å². The molecule has 0 N–H and O–H groups in total. The van der Waals surface area contributed by atoms with Gasteiger partial charge in [0.15, 0.2) is 4.60 Å². The molecule has 0 amide bonds. The summed E-state index contributed by atoms with van der Waals surface area (Å²) in [7, 11) is 1.42. The van der Waals surface area contributed by atoms with Gasteiger partial charge in [0.1, 0.15) is 18.9 Å². The normalized spacial score (nSPS) is 12.2. The molecule has 0 unspecified atom stereocenters. The van der Waals surface area contributed by atoms with Crippen LogP contribution in [0.3, 0.4) is 0 Å². The van der Waals surface area contributed by atoms with Crippen LogP contribution in [0, 0.1) is 0 Å². The Balaban J connectivity index is 2.53. The Bertz CT molecular complexity index is 418. The number of aromatic nitrogens is 3.